The molecular weight excluding hydrogens is 376 g/mol. The van der Waals surface area contributed by atoms with E-state index in [1.807, 2.05) is 0 Å². The minimum Gasteiger partial charge on any atom is -0.205 e. The van der Waals surface area contributed by atoms with E-state index in [1.54, 1.807) is 6.07 Å². The van der Waals surface area contributed by atoms with Gasteiger partial charge in [0.05, 0.1) is 0 Å². The molecular formula is C27H37F2N. The van der Waals surface area contributed by atoms with Crippen LogP contribution in [0, 0.1) is 46.6 Å². The molecule has 30 heavy (non-hydrogen) atoms. The maximum Gasteiger partial charge on any atom is 0.144 e. The van der Waals surface area contributed by atoms with Gasteiger partial charge in [-0.05, 0) is 80.4 Å². The van der Waals surface area contributed by atoms with Crippen LogP contribution in [-0.2, 0) is 6.42 Å². The molecule has 2 saturated carbocycles. The molecule has 0 atom stereocenters. The Hall–Kier alpha value is -1.69. The van der Waals surface area contributed by atoms with Crippen LogP contribution in [0.5, 0.6) is 0 Å². The van der Waals surface area contributed by atoms with Crippen LogP contribution < -0.4 is 0 Å². The van der Waals surface area contributed by atoms with E-state index in [4.69, 9.17) is 5.26 Å². The summed E-state index contributed by atoms with van der Waals surface area (Å²) in [6.07, 6.45) is 21.1. The largest absolute Gasteiger partial charge is 0.205 e. The van der Waals surface area contributed by atoms with Crippen LogP contribution in [0.2, 0.25) is 0 Å². The van der Waals surface area contributed by atoms with E-state index in [0.717, 1.165) is 24.2 Å². The molecule has 1 aromatic carbocycles. The number of benzene rings is 1. The highest BCUT2D eigenvalue weighted by molar-refractivity contribution is 5.35. The zero-order valence-electron chi connectivity index (χ0n) is 18.5. The highest BCUT2D eigenvalue weighted by Crippen LogP contribution is 2.40. The summed E-state index contributed by atoms with van der Waals surface area (Å²) in [5, 5.41) is 8.79. The Morgan fingerprint density at radius 3 is 1.87 bits per heavy atom. The number of hydrogen-bond acceptors (Lipinski definition) is 1. The zero-order valence-corrected chi connectivity index (χ0v) is 18.5. The molecule has 0 saturated heterocycles. The highest BCUT2D eigenvalue weighted by Gasteiger charge is 2.26. The van der Waals surface area contributed by atoms with E-state index < -0.39 is 17.2 Å². The molecule has 3 rings (SSSR count). The van der Waals surface area contributed by atoms with E-state index in [1.165, 1.54) is 82.8 Å². The van der Waals surface area contributed by atoms with Gasteiger partial charge in [-0.1, -0.05) is 63.5 Å². The molecule has 2 fully saturated rings. The predicted molar refractivity (Wildman–Crippen MR) is 119 cm³/mol. The van der Waals surface area contributed by atoms with Crippen molar-refractivity contribution >= 4 is 0 Å². The quantitative estimate of drug-likeness (QED) is 0.395. The molecule has 0 N–H and O–H groups in total. The van der Waals surface area contributed by atoms with Crippen molar-refractivity contribution in [3.8, 4) is 6.07 Å². The Morgan fingerprint density at radius 1 is 0.867 bits per heavy atom. The van der Waals surface area contributed by atoms with Crippen molar-refractivity contribution in [3.05, 3.63) is 47.0 Å². The number of nitrogens with zero attached hydrogens (tertiary/aromatic N) is 1. The molecule has 3 heteroatoms. The fourth-order valence-corrected chi connectivity index (χ4v) is 5.73. The molecule has 0 amide bonds. The van der Waals surface area contributed by atoms with E-state index in [2.05, 4.69) is 19.1 Å². The molecule has 0 spiro atoms. The molecule has 1 aromatic rings. The highest BCUT2D eigenvalue weighted by atomic mass is 19.1. The fraction of sp³-hybridized carbons (Fsp3) is 0.667. The summed E-state index contributed by atoms with van der Waals surface area (Å²) in [5.74, 6) is 1.99. The number of allylic oxidation sites excluding steroid dienone is 2. The summed E-state index contributed by atoms with van der Waals surface area (Å²) >= 11 is 0. The minimum absolute atomic E-state index is 0.467. The lowest BCUT2D eigenvalue weighted by atomic mass is 9.72. The smallest absolute Gasteiger partial charge is 0.144 e. The van der Waals surface area contributed by atoms with Crippen molar-refractivity contribution in [1.29, 1.82) is 5.26 Å². The Morgan fingerprint density at radius 2 is 1.37 bits per heavy atom. The van der Waals surface area contributed by atoms with Crippen LogP contribution in [0.3, 0.4) is 0 Å². The Balaban J connectivity index is 1.34. The van der Waals surface area contributed by atoms with E-state index in [0.29, 0.717) is 17.9 Å². The number of nitriles is 1. The van der Waals surface area contributed by atoms with Crippen molar-refractivity contribution in [1.82, 2.24) is 0 Å². The predicted octanol–water partition coefficient (Wildman–Crippen LogP) is 8.13. The summed E-state index contributed by atoms with van der Waals surface area (Å²) in [5.41, 5.74) is 0.211. The number of rotatable bonds is 8. The van der Waals surface area contributed by atoms with Gasteiger partial charge >= 0.3 is 0 Å². The third-order valence-electron chi connectivity index (χ3n) is 7.63. The Bertz CT molecular complexity index is 709. The van der Waals surface area contributed by atoms with Gasteiger partial charge in [0.15, 0.2) is 0 Å². The average molecular weight is 414 g/mol. The molecule has 0 aliphatic heterocycles. The first kappa shape index (κ1) is 23.0. The van der Waals surface area contributed by atoms with Crippen molar-refractivity contribution in [2.24, 2.45) is 23.7 Å². The van der Waals surface area contributed by atoms with Crippen LogP contribution >= 0.6 is 0 Å². The van der Waals surface area contributed by atoms with E-state index in [-0.39, 0.29) is 0 Å². The molecule has 0 unspecified atom stereocenters. The van der Waals surface area contributed by atoms with Gasteiger partial charge in [-0.25, -0.2) is 8.78 Å². The maximum absolute atomic E-state index is 13.8. The van der Waals surface area contributed by atoms with Crippen molar-refractivity contribution < 1.29 is 8.78 Å². The van der Waals surface area contributed by atoms with Gasteiger partial charge in [0, 0.05) is 0 Å². The molecule has 0 aromatic heterocycles. The SMILES string of the molecule is C/C=C/CCC1CCC(CC2CCC(CCc3cc(F)c(C#N)c(F)c3)CC2)CC1. The van der Waals surface area contributed by atoms with Gasteiger partial charge in [-0.15, -0.1) is 0 Å². The summed E-state index contributed by atoms with van der Waals surface area (Å²) in [6, 6.07) is 4.27. The normalized spacial score (nSPS) is 27.3. The lowest BCUT2D eigenvalue weighted by molar-refractivity contribution is 0.185. The second-order valence-corrected chi connectivity index (χ2v) is 9.74. The van der Waals surface area contributed by atoms with Gasteiger partial charge in [0.1, 0.15) is 23.3 Å². The van der Waals surface area contributed by atoms with Gasteiger partial charge < -0.3 is 0 Å². The maximum atomic E-state index is 13.8. The molecule has 2 aliphatic rings. The standard InChI is InChI=1S/C27H37F2N/c1-2-3-4-5-20-6-11-22(12-7-20)16-23-13-8-21(9-14-23)10-15-24-17-26(28)25(19-30)27(29)18-24/h2-3,17-18,20-23H,4-16H2,1H3/b3-2+. The van der Waals surface area contributed by atoms with Gasteiger partial charge in [0.2, 0.25) is 0 Å². The molecule has 0 heterocycles. The Labute approximate surface area is 181 Å². The monoisotopic (exact) mass is 413 g/mol. The topological polar surface area (TPSA) is 23.8 Å². The Kier molecular flexibility index (Phi) is 8.91. The lowest BCUT2D eigenvalue weighted by Gasteiger charge is -2.34. The summed E-state index contributed by atoms with van der Waals surface area (Å²) in [4.78, 5) is 0. The van der Waals surface area contributed by atoms with Gasteiger partial charge in [-0.2, -0.15) is 5.26 Å². The van der Waals surface area contributed by atoms with Crippen LogP contribution in [0.15, 0.2) is 24.3 Å². The molecule has 164 valence electrons. The minimum atomic E-state index is -0.729. The van der Waals surface area contributed by atoms with E-state index in [9.17, 15) is 8.78 Å². The summed E-state index contributed by atoms with van der Waals surface area (Å²) in [6.45, 7) is 2.11. The van der Waals surface area contributed by atoms with Crippen LogP contribution in [0.4, 0.5) is 8.78 Å². The second-order valence-electron chi connectivity index (χ2n) is 9.74. The number of halogens is 2. The van der Waals surface area contributed by atoms with Crippen LogP contribution in [0.25, 0.3) is 0 Å². The first-order chi connectivity index (χ1) is 14.6. The van der Waals surface area contributed by atoms with Crippen LogP contribution in [0.1, 0.15) is 95.1 Å². The molecule has 0 radical (unpaired) electrons. The summed E-state index contributed by atoms with van der Waals surface area (Å²) < 4.78 is 27.6. The van der Waals surface area contributed by atoms with Gasteiger partial charge in [0.25, 0.3) is 0 Å². The van der Waals surface area contributed by atoms with Crippen molar-refractivity contribution in [3.63, 3.8) is 0 Å². The second kappa shape index (κ2) is 11.6. The first-order valence-corrected chi connectivity index (χ1v) is 12.1. The molecule has 0 bridgehead atoms. The fourth-order valence-electron chi connectivity index (χ4n) is 5.73. The lowest BCUT2D eigenvalue weighted by Crippen LogP contribution is -2.21. The zero-order chi connectivity index (χ0) is 21.3. The summed E-state index contributed by atoms with van der Waals surface area (Å²) in [7, 11) is 0. The van der Waals surface area contributed by atoms with Crippen LogP contribution in [-0.4, -0.2) is 0 Å². The van der Waals surface area contributed by atoms with Crippen molar-refractivity contribution in [2.45, 2.75) is 90.4 Å². The number of hydrogen-bond donors (Lipinski definition) is 0. The third-order valence-corrected chi connectivity index (χ3v) is 7.63. The number of aryl methyl sites for hydroxylation is 1. The van der Waals surface area contributed by atoms with Gasteiger partial charge in [-0.3, -0.25) is 0 Å². The van der Waals surface area contributed by atoms with E-state index >= 15 is 0 Å². The molecule has 2 aliphatic carbocycles. The first-order valence-electron chi connectivity index (χ1n) is 12.1. The molecule has 1 nitrogen and oxygen atoms in total. The van der Waals surface area contributed by atoms with Crippen molar-refractivity contribution in [2.75, 3.05) is 0 Å². The third kappa shape index (κ3) is 6.66. The average Bonchev–Trinajstić information content (AvgIpc) is 2.74.